The van der Waals surface area contributed by atoms with E-state index >= 15 is 0 Å². The first-order valence-corrected chi connectivity index (χ1v) is 3.74. The maximum absolute atomic E-state index is 9.77. The lowest BCUT2D eigenvalue weighted by Crippen LogP contribution is -2.33. The second-order valence-corrected chi connectivity index (χ2v) is 3.30. The maximum atomic E-state index is 9.77. The van der Waals surface area contributed by atoms with Crippen molar-refractivity contribution in [3.05, 3.63) is 0 Å². The van der Waals surface area contributed by atoms with Crippen LogP contribution in [0, 0.1) is 5.92 Å². The molecule has 1 atom stereocenters. The van der Waals surface area contributed by atoms with E-state index in [9.17, 15) is 5.11 Å². The molecular weight excluding hydrogens is 114 g/mol. The Hall–Kier alpha value is -0.0800. The third kappa shape index (κ3) is 0.864. The first-order valence-electron chi connectivity index (χ1n) is 3.74. The minimum absolute atomic E-state index is 0.306. The normalized spacial score (nSPS) is 43.7. The van der Waals surface area contributed by atoms with Crippen molar-refractivity contribution in [2.45, 2.75) is 24.9 Å². The lowest BCUT2D eigenvalue weighted by molar-refractivity contribution is 0.0383. The van der Waals surface area contributed by atoms with Gasteiger partial charge in [0.2, 0.25) is 0 Å². The number of hydrogen-bond acceptors (Lipinski definition) is 2. The monoisotopic (exact) mass is 127 g/mol. The Balaban J connectivity index is 2.02. The first kappa shape index (κ1) is 5.69. The third-order valence-electron chi connectivity index (χ3n) is 2.50. The predicted molar refractivity (Wildman–Crippen MR) is 35.2 cm³/mol. The highest BCUT2D eigenvalue weighted by Crippen LogP contribution is 2.42. The lowest BCUT2D eigenvalue weighted by Gasteiger charge is -2.19. The fraction of sp³-hybridized carbons (Fsp3) is 1.00. The number of β-amino-alcohol motifs (C(OH)–C–C–N with tert-alkyl or cyclic N) is 1. The standard InChI is InChI=1S/C7H13NO/c9-7(6-1-2-6)3-4-8-5-7/h6,8-9H,1-5H2/t7-/m1/s1. The van der Waals surface area contributed by atoms with Crippen molar-refractivity contribution in [2.75, 3.05) is 13.1 Å². The lowest BCUT2D eigenvalue weighted by atomic mass is 9.97. The second-order valence-electron chi connectivity index (χ2n) is 3.30. The van der Waals surface area contributed by atoms with Gasteiger partial charge < -0.3 is 10.4 Å². The van der Waals surface area contributed by atoms with Gasteiger partial charge >= 0.3 is 0 Å². The Morgan fingerprint density at radius 1 is 1.44 bits per heavy atom. The molecule has 0 amide bonds. The van der Waals surface area contributed by atoms with E-state index in [0.29, 0.717) is 5.92 Å². The van der Waals surface area contributed by atoms with Gasteiger partial charge in [-0.15, -0.1) is 0 Å². The molecule has 0 aromatic carbocycles. The van der Waals surface area contributed by atoms with Crippen LogP contribution in [0.4, 0.5) is 0 Å². The fourth-order valence-corrected chi connectivity index (χ4v) is 1.67. The van der Waals surface area contributed by atoms with Gasteiger partial charge in [0.15, 0.2) is 0 Å². The summed E-state index contributed by atoms with van der Waals surface area (Å²) in [4.78, 5) is 0. The van der Waals surface area contributed by atoms with Crippen LogP contribution in [-0.4, -0.2) is 23.8 Å². The van der Waals surface area contributed by atoms with Crippen molar-refractivity contribution < 1.29 is 5.11 Å². The number of nitrogens with one attached hydrogen (secondary N) is 1. The van der Waals surface area contributed by atoms with Gasteiger partial charge in [0, 0.05) is 6.54 Å². The van der Waals surface area contributed by atoms with Crippen molar-refractivity contribution in [1.29, 1.82) is 0 Å². The van der Waals surface area contributed by atoms with Crippen LogP contribution in [0.3, 0.4) is 0 Å². The van der Waals surface area contributed by atoms with Crippen LogP contribution in [0.25, 0.3) is 0 Å². The quantitative estimate of drug-likeness (QED) is 0.524. The molecule has 0 unspecified atom stereocenters. The van der Waals surface area contributed by atoms with Gasteiger partial charge in [0.25, 0.3) is 0 Å². The Labute approximate surface area is 55.3 Å². The average molecular weight is 127 g/mol. The zero-order valence-electron chi connectivity index (χ0n) is 5.56. The summed E-state index contributed by atoms with van der Waals surface area (Å²) in [6.45, 7) is 1.84. The summed E-state index contributed by atoms with van der Waals surface area (Å²) in [5.41, 5.74) is -0.306. The summed E-state index contributed by atoms with van der Waals surface area (Å²) in [6.07, 6.45) is 3.47. The molecule has 1 heterocycles. The largest absolute Gasteiger partial charge is 0.388 e. The van der Waals surface area contributed by atoms with Crippen LogP contribution >= 0.6 is 0 Å². The van der Waals surface area contributed by atoms with Gasteiger partial charge in [0.1, 0.15) is 0 Å². The summed E-state index contributed by atoms with van der Waals surface area (Å²) in [5, 5.41) is 13.0. The van der Waals surface area contributed by atoms with Crippen molar-refractivity contribution >= 4 is 0 Å². The third-order valence-corrected chi connectivity index (χ3v) is 2.50. The van der Waals surface area contributed by atoms with Gasteiger partial charge in [-0.2, -0.15) is 0 Å². The summed E-state index contributed by atoms with van der Waals surface area (Å²) in [7, 11) is 0. The molecule has 2 aliphatic rings. The smallest absolute Gasteiger partial charge is 0.0811 e. The molecule has 2 nitrogen and oxygen atoms in total. The van der Waals surface area contributed by atoms with Crippen molar-refractivity contribution in [3.63, 3.8) is 0 Å². The zero-order chi connectivity index (χ0) is 6.32. The first-order chi connectivity index (χ1) is 4.31. The Morgan fingerprint density at radius 2 is 2.22 bits per heavy atom. The minimum atomic E-state index is -0.306. The van der Waals surface area contributed by atoms with E-state index in [2.05, 4.69) is 5.32 Å². The summed E-state index contributed by atoms with van der Waals surface area (Å²) in [5.74, 6) is 0.632. The summed E-state index contributed by atoms with van der Waals surface area (Å²) < 4.78 is 0. The number of aliphatic hydroxyl groups is 1. The van der Waals surface area contributed by atoms with Crippen molar-refractivity contribution in [2.24, 2.45) is 5.92 Å². The van der Waals surface area contributed by atoms with Crippen LogP contribution < -0.4 is 5.32 Å². The van der Waals surface area contributed by atoms with Crippen molar-refractivity contribution in [3.8, 4) is 0 Å². The highest BCUT2D eigenvalue weighted by Gasteiger charge is 2.45. The average Bonchev–Trinajstić information content (AvgIpc) is 2.60. The number of hydrogen-bond donors (Lipinski definition) is 2. The van der Waals surface area contributed by atoms with E-state index in [1.54, 1.807) is 0 Å². The van der Waals surface area contributed by atoms with Crippen LogP contribution in [0.1, 0.15) is 19.3 Å². The molecule has 2 rings (SSSR count). The van der Waals surface area contributed by atoms with Crippen LogP contribution in [0.2, 0.25) is 0 Å². The summed E-state index contributed by atoms with van der Waals surface area (Å²) >= 11 is 0. The Bertz CT molecular complexity index is 114. The van der Waals surface area contributed by atoms with E-state index in [-0.39, 0.29) is 5.60 Å². The topological polar surface area (TPSA) is 32.3 Å². The second kappa shape index (κ2) is 1.70. The molecule has 52 valence electrons. The molecule has 9 heavy (non-hydrogen) atoms. The maximum Gasteiger partial charge on any atom is 0.0811 e. The zero-order valence-corrected chi connectivity index (χ0v) is 5.56. The molecular formula is C7H13NO. The molecule has 2 heteroatoms. The van der Waals surface area contributed by atoms with E-state index < -0.39 is 0 Å². The van der Waals surface area contributed by atoms with Gasteiger partial charge in [-0.05, 0) is 31.7 Å². The molecule has 2 fully saturated rings. The molecule has 0 radical (unpaired) electrons. The number of rotatable bonds is 1. The minimum Gasteiger partial charge on any atom is -0.388 e. The highest BCUT2D eigenvalue weighted by atomic mass is 16.3. The molecule has 1 aliphatic heterocycles. The SMILES string of the molecule is O[C@]1(C2CC2)CCNC1. The molecule has 1 saturated heterocycles. The van der Waals surface area contributed by atoms with Gasteiger partial charge in [0.05, 0.1) is 5.60 Å². The van der Waals surface area contributed by atoms with E-state index in [1.807, 2.05) is 0 Å². The molecule has 1 aliphatic carbocycles. The fourth-order valence-electron chi connectivity index (χ4n) is 1.67. The molecule has 2 N–H and O–H groups in total. The highest BCUT2D eigenvalue weighted by molar-refractivity contribution is 4.99. The Kier molecular flexibility index (Phi) is 1.08. The molecule has 0 spiro atoms. The molecule has 0 bridgehead atoms. The summed E-state index contributed by atoms with van der Waals surface area (Å²) in [6, 6.07) is 0. The predicted octanol–water partition coefficient (Wildman–Crippen LogP) is 0.121. The van der Waals surface area contributed by atoms with Crippen LogP contribution in [0.15, 0.2) is 0 Å². The molecule has 0 aromatic rings. The van der Waals surface area contributed by atoms with Gasteiger partial charge in [-0.3, -0.25) is 0 Å². The molecule has 1 saturated carbocycles. The van der Waals surface area contributed by atoms with E-state index in [4.69, 9.17) is 0 Å². The van der Waals surface area contributed by atoms with Gasteiger partial charge in [-0.25, -0.2) is 0 Å². The van der Waals surface area contributed by atoms with E-state index in [0.717, 1.165) is 19.5 Å². The van der Waals surface area contributed by atoms with Crippen molar-refractivity contribution in [1.82, 2.24) is 5.32 Å². The Morgan fingerprint density at radius 3 is 2.67 bits per heavy atom. The van der Waals surface area contributed by atoms with E-state index in [1.165, 1.54) is 12.8 Å². The van der Waals surface area contributed by atoms with Crippen LogP contribution in [-0.2, 0) is 0 Å². The molecule has 0 aromatic heterocycles. The van der Waals surface area contributed by atoms with Gasteiger partial charge in [-0.1, -0.05) is 0 Å². The van der Waals surface area contributed by atoms with Crippen LogP contribution in [0.5, 0.6) is 0 Å².